The minimum absolute atomic E-state index is 0.0752. The van der Waals surface area contributed by atoms with Gasteiger partial charge in [-0.3, -0.25) is 4.79 Å². The lowest BCUT2D eigenvalue weighted by Crippen LogP contribution is -2.50. The maximum Gasteiger partial charge on any atom is 0.252 e. The highest BCUT2D eigenvalue weighted by Gasteiger charge is 2.53. The molecule has 0 saturated carbocycles. The number of ether oxygens (including phenoxy) is 3. The molecular formula is C30H32N2O5. The van der Waals surface area contributed by atoms with E-state index in [2.05, 4.69) is 11.9 Å². The van der Waals surface area contributed by atoms with Gasteiger partial charge in [-0.2, -0.15) is 0 Å². The summed E-state index contributed by atoms with van der Waals surface area (Å²) in [5, 5.41) is 11.9. The van der Waals surface area contributed by atoms with Crippen molar-refractivity contribution in [2.75, 3.05) is 26.9 Å². The lowest BCUT2D eigenvalue weighted by atomic mass is 9.82. The van der Waals surface area contributed by atoms with Gasteiger partial charge in [-0.25, -0.2) is 4.99 Å². The first kappa shape index (κ1) is 26.0. The van der Waals surface area contributed by atoms with E-state index in [1.807, 2.05) is 78.9 Å². The Labute approximate surface area is 217 Å². The summed E-state index contributed by atoms with van der Waals surface area (Å²) >= 11 is 0. The van der Waals surface area contributed by atoms with Crippen LogP contribution in [0.15, 0.2) is 96.5 Å². The van der Waals surface area contributed by atoms with Crippen LogP contribution >= 0.6 is 0 Å². The van der Waals surface area contributed by atoms with E-state index in [1.54, 1.807) is 13.2 Å². The average Bonchev–Trinajstić information content (AvgIpc) is 3.33. The summed E-state index contributed by atoms with van der Waals surface area (Å²) in [5.74, 6) is 1.47. The SMILES string of the molecule is C=CCNC(=O)[C@]1(Cc2ccccc2)N=C(c2ccc(OCCCO)cc2)O[C@@H]1c1cccc(OC)c1. The fraction of sp³-hybridized carbons (Fsp3) is 0.267. The molecule has 0 aliphatic carbocycles. The first-order chi connectivity index (χ1) is 18.1. The molecule has 1 aliphatic heterocycles. The predicted molar refractivity (Wildman–Crippen MR) is 143 cm³/mol. The number of carbonyl (C=O) groups excluding carboxylic acids is 1. The minimum Gasteiger partial charge on any atom is -0.497 e. The summed E-state index contributed by atoms with van der Waals surface area (Å²) in [7, 11) is 1.61. The Hall–Kier alpha value is -4.10. The maximum atomic E-state index is 13.8. The van der Waals surface area contributed by atoms with Crippen LogP contribution < -0.4 is 14.8 Å². The predicted octanol–water partition coefficient (Wildman–Crippen LogP) is 4.26. The van der Waals surface area contributed by atoms with Gasteiger partial charge in [-0.15, -0.1) is 6.58 Å². The van der Waals surface area contributed by atoms with E-state index < -0.39 is 11.6 Å². The van der Waals surface area contributed by atoms with Gasteiger partial charge < -0.3 is 24.6 Å². The van der Waals surface area contributed by atoms with E-state index in [1.165, 1.54) is 0 Å². The third-order valence-corrected chi connectivity index (χ3v) is 6.15. The van der Waals surface area contributed by atoms with Crippen molar-refractivity contribution >= 4 is 11.8 Å². The van der Waals surface area contributed by atoms with Gasteiger partial charge in [0.15, 0.2) is 11.6 Å². The van der Waals surface area contributed by atoms with E-state index in [9.17, 15) is 4.79 Å². The first-order valence-electron chi connectivity index (χ1n) is 12.3. The monoisotopic (exact) mass is 500 g/mol. The standard InChI is InChI=1S/C30H32N2O5/c1-3-17-31-29(34)30(21-22-9-5-4-6-10-22)27(24-11-7-12-26(20-24)35-2)37-28(32-30)23-13-15-25(16-14-23)36-19-8-18-33/h3-7,9-16,20,27,33H,1,8,17-19,21H2,2H3,(H,31,34)/t27-,30-/m1/s1. The van der Waals surface area contributed by atoms with E-state index in [0.29, 0.717) is 43.4 Å². The Morgan fingerprint density at radius 2 is 1.89 bits per heavy atom. The Kier molecular flexibility index (Phi) is 8.59. The van der Waals surface area contributed by atoms with Crippen molar-refractivity contribution in [2.45, 2.75) is 24.5 Å². The Morgan fingerprint density at radius 3 is 2.59 bits per heavy atom. The van der Waals surface area contributed by atoms with Crippen molar-refractivity contribution < 1.29 is 24.1 Å². The van der Waals surface area contributed by atoms with Crippen LogP contribution in [0.3, 0.4) is 0 Å². The molecule has 2 N–H and O–H groups in total. The number of carbonyl (C=O) groups is 1. The van der Waals surface area contributed by atoms with Gasteiger partial charge in [-0.05, 0) is 47.5 Å². The number of aliphatic imine (C=N–C) groups is 1. The molecule has 192 valence electrons. The molecule has 1 amide bonds. The molecular weight excluding hydrogens is 468 g/mol. The van der Waals surface area contributed by atoms with Crippen LogP contribution in [0, 0.1) is 0 Å². The van der Waals surface area contributed by atoms with Gasteiger partial charge in [-0.1, -0.05) is 48.5 Å². The summed E-state index contributed by atoms with van der Waals surface area (Å²) in [6.07, 6.45) is 1.85. The quantitative estimate of drug-likeness (QED) is 0.287. The van der Waals surface area contributed by atoms with Crippen molar-refractivity contribution in [1.29, 1.82) is 0 Å². The number of benzene rings is 3. The van der Waals surface area contributed by atoms with Crippen LogP contribution in [0.5, 0.6) is 11.5 Å². The zero-order chi connectivity index (χ0) is 26.1. The van der Waals surface area contributed by atoms with E-state index in [-0.39, 0.29) is 12.5 Å². The molecule has 2 atom stereocenters. The summed E-state index contributed by atoms with van der Waals surface area (Å²) in [4.78, 5) is 18.8. The number of rotatable bonds is 12. The molecule has 0 aromatic heterocycles. The summed E-state index contributed by atoms with van der Waals surface area (Å²) in [6, 6.07) is 24.7. The van der Waals surface area contributed by atoms with Crippen LogP contribution in [-0.2, 0) is 16.0 Å². The molecule has 0 radical (unpaired) electrons. The highest BCUT2D eigenvalue weighted by Crippen LogP contribution is 2.43. The normalized spacial score (nSPS) is 18.4. The molecule has 0 spiro atoms. The van der Waals surface area contributed by atoms with Crippen LogP contribution in [0.4, 0.5) is 0 Å². The fourth-order valence-corrected chi connectivity index (χ4v) is 4.31. The molecule has 7 heteroatoms. The topological polar surface area (TPSA) is 89.4 Å². The van der Waals surface area contributed by atoms with E-state index in [0.717, 1.165) is 16.7 Å². The molecule has 3 aromatic rings. The molecule has 1 heterocycles. The van der Waals surface area contributed by atoms with Crippen molar-refractivity contribution in [3.05, 3.63) is 108 Å². The van der Waals surface area contributed by atoms with Gasteiger partial charge in [0.05, 0.1) is 13.7 Å². The maximum absolute atomic E-state index is 13.8. The molecule has 0 fully saturated rings. The number of amides is 1. The molecule has 37 heavy (non-hydrogen) atoms. The number of methoxy groups -OCH3 is 1. The van der Waals surface area contributed by atoms with Crippen molar-refractivity contribution in [1.82, 2.24) is 5.32 Å². The summed E-state index contributed by atoms with van der Waals surface area (Å²) in [5.41, 5.74) is 1.22. The number of hydrogen-bond donors (Lipinski definition) is 2. The highest BCUT2D eigenvalue weighted by molar-refractivity contribution is 6.01. The van der Waals surface area contributed by atoms with Crippen LogP contribution in [0.25, 0.3) is 0 Å². The van der Waals surface area contributed by atoms with Gasteiger partial charge in [0.1, 0.15) is 11.5 Å². The highest BCUT2D eigenvalue weighted by atomic mass is 16.5. The zero-order valence-corrected chi connectivity index (χ0v) is 20.9. The second kappa shape index (κ2) is 12.2. The molecule has 0 saturated heterocycles. The lowest BCUT2D eigenvalue weighted by molar-refractivity contribution is -0.128. The van der Waals surface area contributed by atoms with E-state index in [4.69, 9.17) is 24.3 Å². The average molecular weight is 501 g/mol. The third-order valence-electron chi connectivity index (χ3n) is 6.15. The van der Waals surface area contributed by atoms with Gasteiger partial charge >= 0.3 is 0 Å². The minimum atomic E-state index is -1.26. The number of aliphatic hydroxyl groups excluding tert-OH is 1. The molecule has 1 aliphatic rings. The summed E-state index contributed by atoms with van der Waals surface area (Å²) in [6.45, 7) is 4.55. The molecule has 0 unspecified atom stereocenters. The summed E-state index contributed by atoms with van der Waals surface area (Å²) < 4.78 is 17.6. The molecule has 4 rings (SSSR count). The Balaban J connectivity index is 1.77. The van der Waals surface area contributed by atoms with Gasteiger partial charge in [0, 0.05) is 31.6 Å². The Morgan fingerprint density at radius 1 is 1.11 bits per heavy atom. The van der Waals surface area contributed by atoms with Crippen molar-refractivity contribution in [3.8, 4) is 11.5 Å². The second-order valence-corrected chi connectivity index (χ2v) is 8.73. The van der Waals surface area contributed by atoms with E-state index >= 15 is 0 Å². The molecule has 0 bridgehead atoms. The van der Waals surface area contributed by atoms with Crippen LogP contribution in [-0.4, -0.2) is 49.3 Å². The number of hydrogen-bond acceptors (Lipinski definition) is 6. The second-order valence-electron chi connectivity index (χ2n) is 8.73. The number of aliphatic hydroxyl groups is 1. The fourth-order valence-electron chi connectivity index (χ4n) is 4.31. The molecule has 3 aromatic carbocycles. The van der Waals surface area contributed by atoms with Crippen molar-refractivity contribution in [3.63, 3.8) is 0 Å². The smallest absolute Gasteiger partial charge is 0.252 e. The Bertz CT molecular complexity index is 1230. The molecule has 7 nitrogen and oxygen atoms in total. The number of nitrogens with zero attached hydrogens (tertiary/aromatic N) is 1. The first-order valence-corrected chi connectivity index (χ1v) is 12.3. The third kappa shape index (κ3) is 6.01. The lowest BCUT2D eigenvalue weighted by Gasteiger charge is -2.30. The van der Waals surface area contributed by atoms with Crippen molar-refractivity contribution in [2.24, 2.45) is 4.99 Å². The zero-order valence-electron chi connectivity index (χ0n) is 20.9. The largest absolute Gasteiger partial charge is 0.497 e. The van der Waals surface area contributed by atoms with Crippen LogP contribution in [0.2, 0.25) is 0 Å². The number of nitrogens with one attached hydrogen (secondary N) is 1. The van der Waals surface area contributed by atoms with Gasteiger partial charge in [0.2, 0.25) is 5.90 Å². The van der Waals surface area contributed by atoms with Crippen LogP contribution in [0.1, 0.15) is 29.2 Å². The van der Waals surface area contributed by atoms with Gasteiger partial charge in [0.25, 0.3) is 5.91 Å².